The smallest absolute Gasteiger partial charge is 0.0482 e. The van der Waals surface area contributed by atoms with Crippen molar-refractivity contribution in [2.24, 2.45) is 0 Å². The normalized spacial score (nSPS) is 17.2. The predicted octanol–water partition coefficient (Wildman–Crippen LogP) is 5.63. The molecule has 0 heterocycles. The van der Waals surface area contributed by atoms with Gasteiger partial charge in [0.15, 0.2) is 0 Å². The molecule has 0 spiro atoms. The van der Waals surface area contributed by atoms with Crippen LogP contribution in [0.4, 0.5) is 5.69 Å². The number of nitrogens with one attached hydrogen (secondary N) is 1. The van der Waals surface area contributed by atoms with Crippen molar-refractivity contribution in [3.63, 3.8) is 0 Å². The number of rotatable bonds is 5. The van der Waals surface area contributed by atoms with Gasteiger partial charge < -0.3 is 5.32 Å². The molecular formula is C24H21N. The van der Waals surface area contributed by atoms with Gasteiger partial charge in [-0.25, -0.2) is 0 Å². The van der Waals surface area contributed by atoms with E-state index in [1.165, 1.54) is 5.57 Å². The Hall–Kier alpha value is -3.24. The van der Waals surface area contributed by atoms with Crippen LogP contribution in [0.1, 0.15) is 12.0 Å². The Morgan fingerprint density at radius 2 is 1.76 bits per heavy atom. The minimum Gasteiger partial charge on any atom is -0.379 e. The van der Waals surface area contributed by atoms with Crippen molar-refractivity contribution in [2.45, 2.75) is 12.5 Å². The van der Waals surface area contributed by atoms with E-state index in [1.807, 2.05) is 60.7 Å². The predicted molar refractivity (Wildman–Crippen MR) is 108 cm³/mol. The van der Waals surface area contributed by atoms with Crippen LogP contribution in [0.3, 0.4) is 0 Å². The first-order valence-electron chi connectivity index (χ1n) is 8.45. The lowest BCUT2D eigenvalue weighted by Crippen LogP contribution is -2.17. The largest absolute Gasteiger partial charge is 0.379 e. The van der Waals surface area contributed by atoms with E-state index < -0.39 is 0 Å². The summed E-state index contributed by atoms with van der Waals surface area (Å²) in [5.41, 5.74) is 4.30. The van der Waals surface area contributed by atoms with Gasteiger partial charge in [0.25, 0.3) is 0 Å². The summed E-state index contributed by atoms with van der Waals surface area (Å²) in [5, 5.41) is 3.51. The van der Waals surface area contributed by atoms with Gasteiger partial charge in [-0.3, -0.25) is 0 Å². The van der Waals surface area contributed by atoms with Crippen LogP contribution in [0.5, 0.6) is 0 Å². The van der Waals surface area contributed by atoms with Crippen molar-refractivity contribution < 1.29 is 0 Å². The van der Waals surface area contributed by atoms with E-state index in [9.17, 15) is 0 Å². The second kappa shape index (κ2) is 8.57. The molecule has 1 heteroatoms. The van der Waals surface area contributed by atoms with Crippen LogP contribution in [0, 0.1) is 12.3 Å². The van der Waals surface area contributed by atoms with Crippen molar-refractivity contribution in [1.82, 2.24) is 0 Å². The number of para-hydroxylation sites is 1. The first kappa shape index (κ1) is 16.6. The minimum atomic E-state index is 0.334. The standard InChI is InChI=1S/C24H21N/c1-2-21(22-11-5-3-6-12-22)13-9-10-20-16-18-24(19-17-20)25-23-14-7-4-8-15-23/h1,3-18,24-25H,19H2/b10-9+,21-13+. The van der Waals surface area contributed by atoms with E-state index in [0.717, 1.165) is 23.2 Å². The summed E-state index contributed by atoms with van der Waals surface area (Å²) in [4.78, 5) is 0. The molecule has 122 valence electrons. The highest BCUT2D eigenvalue weighted by atomic mass is 14.9. The highest BCUT2D eigenvalue weighted by Gasteiger charge is 2.06. The van der Waals surface area contributed by atoms with Crippen molar-refractivity contribution in [3.8, 4) is 12.3 Å². The van der Waals surface area contributed by atoms with E-state index in [-0.39, 0.29) is 0 Å². The van der Waals surface area contributed by atoms with Gasteiger partial charge in [-0.2, -0.15) is 0 Å². The molecule has 0 aliphatic heterocycles. The van der Waals surface area contributed by atoms with Crippen LogP contribution < -0.4 is 5.32 Å². The Kier molecular flexibility index (Phi) is 5.69. The lowest BCUT2D eigenvalue weighted by molar-refractivity contribution is 0.878. The molecule has 3 rings (SSSR count). The second-order valence-corrected chi connectivity index (χ2v) is 5.87. The molecule has 0 saturated heterocycles. The van der Waals surface area contributed by atoms with Crippen molar-refractivity contribution in [2.75, 3.05) is 5.32 Å². The average Bonchev–Trinajstić information content (AvgIpc) is 2.68. The molecule has 1 atom stereocenters. The third-order valence-electron chi connectivity index (χ3n) is 4.05. The fourth-order valence-electron chi connectivity index (χ4n) is 2.72. The average molecular weight is 323 g/mol. The van der Waals surface area contributed by atoms with Gasteiger partial charge in [0.05, 0.1) is 0 Å². The number of anilines is 1. The highest BCUT2D eigenvalue weighted by molar-refractivity contribution is 5.79. The topological polar surface area (TPSA) is 12.0 Å². The maximum Gasteiger partial charge on any atom is 0.0482 e. The van der Waals surface area contributed by atoms with Gasteiger partial charge >= 0.3 is 0 Å². The monoisotopic (exact) mass is 323 g/mol. The van der Waals surface area contributed by atoms with Crippen LogP contribution in [-0.2, 0) is 0 Å². The van der Waals surface area contributed by atoms with Crippen LogP contribution >= 0.6 is 0 Å². The van der Waals surface area contributed by atoms with Crippen LogP contribution in [0.25, 0.3) is 5.57 Å². The molecule has 0 radical (unpaired) electrons. The summed E-state index contributed by atoms with van der Waals surface area (Å²) in [6.45, 7) is 0. The Bertz CT molecular complexity index is 846. The Morgan fingerprint density at radius 3 is 2.40 bits per heavy atom. The van der Waals surface area contributed by atoms with Gasteiger partial charge in [0.1, 0.15) is 0 Å². The van der Waals surface area contributed by atoms with Gasteiger partial charge in [-0.05, 0) is 35.8 Å². The lowest BCUT2D eigenvalue weighted by Gasteiger charge is -2.18. The molecule has 0 saturated carbocycles. The summed E-state index contributed by atoms with van der Waals surface area (Å²) >= 11 is 0. The zero-order valence-electron chi connectivity index (χ0n) is 14.1. The first-order chi connectivity index (χ1) is 12.3. The second-order valence-electron chi connectivity index (χ2n) is 5.87. The molecule has 0 amide bonds. The molecule has 25 heavy (non-hydrogen) atoms. The molecule has 0 fully saturated rings. The van der Waals surface area contributed by atoms with Gasteiger partial charge in [-0.15, -0.1) is 6.42 Å². The number of hydrogen-bond acceptors (Lipinski definition) is 1. The molecule has 1 nitrogen and oxygen atoms in total. The third kappa shape index (κ3) is 4.86. The highest BCUT2D eigenvalue weighted by Crippen LogP contribution is 2.17. The molecule has 1 aliphatic rings. The molecular weight excluding hydrogens is 302 g/mol. The maximum absolute atomic E-state index is 5.63. The SMILES string of the molecule is C#C/C(=C\C=C\C1=CCC(Nc2ccccc2)C=C1)c1ccccc1. The van der Waals surface area contributed by atoms with Crippen LogP contribution in [0.2, 0.25) is 0 Å². The summed E-state index contributed by atoms with van der Waals surface area (Å²) in [7, 11) is 0. The summed E-state index contributed by atoms with van der Waals surface area (Å²) in [6.07, 6.45) is 19.3. The zero-order valence-corrected chi connectivity index (χ0v) is 14.1. The Balaban J connectivity index is 1.59. The van der Waals surface area contributed by atoms with E-state index in [4.69, 9.17) is 6.42 Å². The van der Waals surface area contributed by atoms with Crippen molar-refractivity contribution >= 4 is 11.3 Å². The van der Waals surface area contributed by atoms with Gasteiger partial charge in [0, 0.05) is 17.3 Å². The summed E-state index contributed by atoms with van der Waals surface area (Å²) < 4.78 is 0. The fraction of sp³-hybridized carbons (Fsp3) is 0.0833. The molecule has 0 aromatic heterocycles. The van der Waals surface area contributed by atoms with Crippen LogP contribution in [0.15, 0.2) is 103 Å². The number of hydrogen-bond donors (Lipinski definition) is 1. The maximum atomic E-state index is 5.63. The van der Waals surface area contributed by atoms with Crippen LogP contribution in [-0.4, -0.2) is 6.04 Å². The van der Waals surface area contributed by atoms with E-state index in [0.29, 0.717) is 6.04 Å². The van der Waals surface area contributed by atoms with E-state index in [1.54, 1.807) is 0 Å². The molecule has 2 aromatic carbocycles. The molecule has 2 aromatic rings. The third-order valence-corrected chi connectivity index (χ3v) is 4.05. The minimum absolute atomic E-state index is 0.334. The van der Waals surface area contributed by atoms with E-state index in [2.05, 4.69) is 47.7 Å². The summed E-state index contributed by atoms with van der Waals surface area (Å²) in [5.74, 6) is 2.75. The molecule has 1 N–H and O–H groups in total. The molecule has 0 bridgehead atoms. The van der Waals surface area contributed by atoms with Gasteiger partial charge in [0.2, 0.25) is 0 Å². The quantitative estimate of drug-likeness (QED) is 0.556. The van der Waals surface area contributed by atoms with Crippen molar-refractivity contribution in [1.29, 1.82) is 0 Å². The molecule has 1 aliphatic carbocycles. The molecule has 1 unspecified atom stereocenters. The number of benzene rings is 2. The van der Waals surface area contributed by atoms with Crippen molar-refractivity contribution in [3.05, 3.63) is 108 Å². The van der Waals surface area contributed by atoms with Gasteiger partial charge in [-0.1, -0.05) is 84.8 Å². The number of terminal acetylenes is 1. The zero-order chi connectivity index (χ0) is 17.3. The Labute approximate surface area is 150 Å². The first-order valence-corrected chi connectivity index (χ1v) is 8.45. The lowest BCUT2D eigenvalue weighted by atomic mass is 10.0. The van der Waals surface area contributed by atoms with E-state index >= 15 is 0 Å². The fourth-order valence-corrected chi connectivity index (χ4v) is 2.72. The summed E-state index contributed by atoms with van der Waals surface area (Å²) in [6, 6.07) is 20.7. The Morgan fingerprint density at radius 1 is 1.04 bits per heavy atom. The number of allylic oxidation sites excluding steroid dienone is 6.